The van der Waals surface area contributed by atoms with E-state index in [0.29, 0.717) is 12.1 Å². The molecule has 0 saturated carbocycles. The average molecular weight is 392 g/mol. The lowest BCUT2D eigenvalue weighted by atomic mass is 10.1. The molecule has 1 aromatic carbocycles. The monoisotopic (exact) mass is 392 g/mol. The number of hydrogen-bond acceptors (Lipinski definition) is 4. The van der Waals surface area contributed by atoms with E-state index < -0.39 is 5.97 Å². The van der Waals surface area contributed by atoms with Crippen molar-refractivity contribution in [3.63, 3.8) is 0 Å². The second-order valence-electron chi connectivity index (χ2n) is 7.41. The van der Waals surface area contributed by atoms with Crippen molar-refractivity contribution in [1.82, 2.24) is 4.57 Å². The van der Waals surface area contributed by atoms with Crippen LogP contribution in [0.4, 0.5) is 5.69 Å². The second kappa shape index (κ2) is 7.99. The molecule has 0 radical (unpaired) electrons. The van der Waals surface area contributed by atoms with Crippen LogP contribution >= 0.6 is 0 Å². The van der Waals surface area contributed by atoms with Gasteiger partial charge in [0, 0.05) is 17.1 Å². The Kier molecular flexibility index (Phi) is 5.25. The van der Waals surface area contributed by atoms with E-state index in [1.165, 1.54) is 11.1 Å². The zero-order valence-electron chi connectivity index (χ0n) is 16.7. The Morgan fingerprint density at radius 1 is 1.14 bits per heavy atom. The molecule has 0 aliphatic heterocycles. The molecular formula is C23H24N2O4. The third-order valence-electron chi connectivity index (χ3n) is 5.40. The van der Waals surface area contributed by atoms with Crippen LogP contribution in [0.5, 0.6) is 0 Å². The summed E-state index contributed by atoms with van der Waals surface area (Å²) in [5.41, 5.74) is 5.53. The van der Waals surface area contributed by atoms with Gasteiger partial charge in [-0.1, -0.05) is 6.07 Å². The van der Waals surface area contributed by atoms with E-state index in [4.69, 9.17) is 9.15 Å². The lowest BCUT2D eigenvalue weighted by molar-refractivity contribution is -0.119. The summed E-state index contributed by atoms with van der Waals surface area (Å²) < 4.78 is 12.6. The standard InChI is InChI=1S/C23H24N2O4/c1-15-11-21(16(2)25(15)13-20-7-4-10-28-20)23(27)29-14-22(26)24-19-9-8-17-5-3-6-18(17)12-19/h4,7-12H,3,5-6,13-14H2,1-2H3,(H,24,26). The molecule has 6 nitrogen and oxygen atoms in total. The molecule has 6 heteroatoms. The molecule has 4 rings (SSSR count). The van der Waals surface area contributed by atoms with Crippen molar-refractivity contribution in [3.05, 3.63) is 76.5 Å². The summed E-state index contributed by atoms with van der Waals surface area (Å²) in [6.45, 7) is 4.00. The lowest BCUT2D eigenvalue weighted by Gasteiger charge is -2.09. The van der Waals surface area contributed by atoms with Gasteiger partial charge in [0.05, 0.1) is 18.4 Å². The molecule has 150 valence electrons. The number of esters is 1. The molecule has 1 aliphatic rings. The lowest BCUT2D eigenvalue weighted by Crippen LogP contribution is -2.21. The zero-order chi connectivity index (χ0) is 20.4. The van der Waals surface area contributed by atoms with Crippen LogP contribution in [0.1, 0.15) is 45.1 Å². The highest BCUT2D eigenvalue weighted by Gasteiger charge is 2.19. The molecule has 2 aromatic heterocycles. The van der Waals surface area contributed by atoms with E-state index in [2.05, 4.69) is 11.4 Å². The number of fused-ring (bicyclic) bond motifs is 1. The molecule has 0 saturated heterocycles. The summed E-state index contributed by atoms with van der Waals surface area (Å²) in [6.07, 6.45) is 4.92. The number of aromatic nitrogens is 1. The number of carbonyl (C=O) groups is 2. The van der Waals surface area contributed by atoms with Gasteiger partial charge in [0.15, 0.2) is 6.61 Å². The summed E-state index contributed by atoms with van der Waals surface area (Å²) in [7, 11) is 0. The largest absolute Gasteiger partial charge is 0.467 e. The Labute approximate surface area is 169 Å². The first-order valence-corrected chi connectivity index (χ1v) is 9.79. The summed E-state index contributed by atoms with van der Waals surface area (Å²) >= 11 is 0. The quantitative estimate of drug-likeness (QED) is 0.643. The Balaban J connectivity index is 1.36. The Morgan fingerprint density at radius 3 is 2.76 bits per heavy atom. The molecular weight excluding hydrogens is 368 g/mol. The number of aryl methyl sites for hydroxylation is 3. The minimum absolute atomic E-state index is 0.322. The summed E-state index contributed by atoms with van der Waals surface area (Å²) in [6, 6.07) is 11.5. The maximum Gasteiger partial charge on any atom is 0.340 e. The number of carbonyl (C=O) groups excluding carboxylic acids is 2. The molecule has 1 N–H and O–H groups in total. The van der Waals surface area contributed by atoms with E-state index in [1.807, 2.05) is 42.7 Å². The van der Waals surface area contributed by atoms with Crippen LogP contribution in [0.25, 0.3) is 0 Å². The number of ether oxygens (including phenoxy) is 1. The fourth-order valence-corrected chi connectivity index (χ4v) is 3.86. The third kappa shape index (κ3) is 4.11. The Bertz CT molecular complexity index is 1050. The number of nitrogens with zero attached hydrogens (tertiary/aromatic N) is 1. The van der Waals surface area contributed by atoms with Gasteiger partial charge in [0.1, 0.15) is 5.76 Å². The molecule has 0 fully saturated rings. The molecule has 0 bridgehead atoms. The topological polar surface area (TPSA) is 73.5 Å². The minimum Gasteiger partial charge on any atom is -0.467 e. The first kappa shape index (κ1) is 19.1. The van der Waals surface area contributed by atoms with Crippen LogP contribution < -0.4 is 5.32 Å². The highest BCUT2D eigenvalue weighted by molar-refractivity contribution is 5.96. The Morgan fingerprint density at radius 2 is 1.97 bits per heavy atom. The second-order valence-corrected chi connectivity index (χ2v) is 7.41. The third-order valence-corrected chi connectivity index (χ3v) is 5.40. The number of anilines is 1. The van der Waals surface area contributed by atoms with Gasteiger partial charge < -0.3 is 19.0 Å². The zero-order valence-corrected chi connectivity index (χ0v) is 16.7. The predicted molar refractivity (Wildman–Crippen MR) is 109 cm³/mol. The van der Waals surface area contributed by atoms with Crippen molar-refractivity contribution in [2.75, 3.05) is 11.9 Å². The van der Waals surface area contributed by atoms with Crippen LogP contribution in [-0.4, -0.2) is 23.1 Å². The van der Waals surface area contributed by atoms with E-state index in [1.54, 1.807) is 12.3 Å². The number of hydrogen-bond donors (Lipinski definition) is 1. The van der Waals surface area contributed by atoms with Gasteiger partial charge in [-0.05, 0) is 74.6 Å². The summed E-state index contributed by atoms with van der Waals surface area (Å²) in [4.78, 5) is 24.7. The van der Waals surface area contributed by atoms with Gasteiger partial charge in [-0.25, -0.2) is 4.79 Å². The van der Waals surface area contributed by atoms with Crippen LogP contribution in [-0.2, 0) is 28.9 Å². The normalized spacial score (nSPS) is 12.6. The number of rotatable bonds is 6. The average Bonchev–Trinajstić information content (AvgIpc) is 3.43. The number of furan rings is 1. The van der Waals surface area contributed by atoms with Crippen molar-refractivity contribution < 1.29 is 18.7 Å². The molecule has 1 amide bonds. The number of nitrogens with one attached hydrogen (secondary N) is 1. The van der Waals surface area contributed by atoms with Gasteiger partial charge in [-0.2, -0.15) is 0 Å². The van der Waals surface area contributed by atoms with Crippen molar-refractivity contribution in [2.24, 2.45) is 0 Å². The van der Waals surface area contributed by atoms with Gasteiger partial charge in [-0.15, -0.1) is 0 Å². The van der Waals surface area contributed by atoms with Crippen molar-refractivity contribution in [2.45, 2.75) is 39.7 Å². The van der Waals surface area contributed by atoms with Crippen LogP contribution in [0, 0.1) is 13.8 Å². The van der Waals surface area contributed by atoms with Crippen molar-refractivity contribution >= 4 is 17.6 Å². The van der Waals surface area contributed by atoms with Gasteiger partial charge in [0.2, 0.25) is 0 Å². The fourth-order valence-electron chi connectivity index (χ4n) is 3.86. The maximum absolute atomic E-state index is 12.5. The molecule has 2 heterocycles. The predicted octanol–water partition coefficient (Wildman–Crippen LogP) is 4.03. The van der Waals surface area contributed by atoms with Crippen LogP contribution in [0.15, 0.2) is 47.1 Å². The van der Waals surface area contributed by atoms with Crippen molar-refractivity contribution in [1.29, 1.82) is 0 Å². The van der Waals surface area contributed by atoms with Gasteiger partial charge in [-0.3, -0.25) is 4.79 Å². The summed E-state index contributed by atoms with van der Waals surface area (Å²) in [5.74, 6) is -0.0472. The van der Waals surface area contributed by atoms with E-state index in [-0.39, 0.29) is 12.5 Å². The van der Waals surface area contributed by atoms with Crippen LogP contribution in [0.2, 0.25) is 0 Å². The summed E-state index contributed by atoms with van der Waals surface area (Å²) in [5, 5.41) is 2.81. The SMILES string of the molecule is Cc1cc(C(=O)OCC(=O)Nc2ccc3c(c2)CCC3)c(C)n1Cc1ccco1. The highest BCUT2D eigenvalue weighted by atomic mass is 16.5. The number of amides is 1. The number of benzene rings is 1. The smallest absolute Gasteiger partial charge is 0.340 e. The molecule has 1 aliphatic carbocycles. The minimum atomic E-state index is -0.507. The fraction of sp³-hybridized carbons (Fsp3) is 0.304. The molecule has 3 aromatic rings. The van der Waals surface area contributed by atoms with Gasteiger partial charge >= 0.3 is 5.97 Å². The highest BCUT2D eigenvalue weighted by Crippen LogP contribution is 2.25. The van der Waals surface area contributed by atoms with E-state index in [0.717, 1.165) is 42.1 Å². The first-order valence-electron chi connectivity index (χ1n) is 9.79. The van der Waals surface area contributed by atoms with Crippen molar-refractivity contribution in [3.8, 4) is 0 Å². The first-order chi connectivity index (χ1) is 14.0. The molecule has 0 atom stereocenters. The van der Waals surface area contributed by atoms with E-state index >= 15 is 0 Å². The molecule has 0 spiro atoms. The molecule has 29 heavy (non-hydrogen) atoms. The van der Waals surface area contributed by atoms with Crippen LogP contribution in [0.3, 0.4) is 0 Å². The maximum atomic E-state index is 12.5. The van der Waals surface area contributed by atoms with E-state index in [9.17, 15) is 9.59 Å². The van der Waals surface area contributed by atoms with Gasteiger partial charge in [0.25, 0.3) is 5.91 Å². The molecule has 0 unspecified atom stereocenters. The Hall–Kier alpha value is -3.28.